The molecule has 0 unspecified atom stereocenters. The van der Waals surface area contributed by atoms with Gasteiger partial charge in [0.1, 0.15) is 5.58 Å². The second kappa shape index (κ2) is 14.7. The lowest BCUT2D eigenvalue weighted by Crippen LogP contribution is -2.24. The molecule has 1 N–H and O–H groups in total. The van der Waals surface area contributed by atoms with E-state index in [-0.39, 0.29) is 17.6 Å². The maximum Gasteiger partial charge on any atom is 0.343 e. The van der Waals surface area contributed by atoms with Crippen LogP contribution >= 0.6 is 0 Å². The summed E-state index contributed by atoms with van der Waals surface area (Å²) in [7, 11) is 0. The first-order chi connectivity index (χ1) is 20.8. The molecule has 0 fully saturated rings. The topological polar surface area (TPSA) is 94.5 Å². The van der Waals surface area contributed by atoms with Crippen molar-refractivity contribution in [2.24, 2.45) is 0 Å². The SMILES string of the molecule is CCCN(CCC)c1ccc2c(C)c(/C=C/c3ccc(/C=C/c4ccc(/C=C(\CC#N)C(=O)O)cc4)cc3)c(=O)oc2c1. The Morgan fingerprint density at radius 1 is 0.860 bits per heavy atom. The molecule has 4 aromatic rings. The number of anilines is 1. The summed E-state index contributed by atoms with van der Waals surface area (Å²) in [6.07, 6.45) is 11.2. The molecule has 218 valence electrons. The van der Waals surface area contributed by atoms with Gasteiger partial charge in [0.25, 0.3) is 0 Å². The number of carbonyl (C=O) groups is 1. The van der Waals surface area contributed by atoms with Gasteiger partial charge in [0, 0.05) is 30.2 Å². The molecule has 6 heteroatoms. The normalized spacial score (nSPS) is 11.8. The van der Waals surface area contributed by atoms with Crippen molar-refractivity contribution in [3.63, 3.8) is 0 Å². The van der Waals surface area contributed by atoms with Crippen molar-refractivity contribution in [3.05, 3.63) is 116 Å². The number of aliphatic carboxylic acids is 1. The maximum atomic E-state index is 12.9. The van der Waals surface area contributed by atoms with Gasteiger partial charge in [-0.25, -0.2) is 9.59 Å². The van der Waals surface area contributed by atoms with Crippen LogP contribution in [-0.4, -0.2) is 24.2 Å². The maximum absolute atomic E-state index is 12.9. The van der Waals surface area contributed by atoms with Crippen molar-refractivity contribution in [1.82, 2.24) is 0 Å². The summed E-state index contributed by atoms with van der Waals surface area (Å²) in [4.78, 5) is 26.5. The fourth-order valence-electron chi connectivity index (χ4n) is 4.93. The Bertz CT molecular complexity index is 1760. The molecule has 1 aromatic heterocycles. The summed E-state index contributed by atoms with van der Waals surface area (Å²) >= 11 is 0. The van der Waals surface area contributed by atoms with Gasteiger partial charge in [0.2, 0.25) is 0 Å². The van der Waals surface area contributed by atoms with E-state index in [1.54, 1.807) is 0 Å². The molecule has 0 amide bonds. The third-order valence-electron chi connectivity index (χ3n) is 7.22. The van der Waals surface area contributed by atoms with Gasteiger partial charge in [-0.3, -0.25) is 0 Å². The van der Waals surface area contributed by atoms with Crippen molar-refractivity contribution < 1.29 is 14.3 Å². The van der Waals surface area contributed by atoms with E-state index in [1.807, 2.05) is 98.0 Å². The number of aryl methyl sites for hydroxylation is 1. The van der Waals surface area contributed by atoms with Crippen molar-refractivity contribution >= 4 is 53.0 Å². The Kier molecular flexibility index (Phi) is 10.5. The van der Waals surface area contributed by atoms with E-state index in [9.17, 15) is 14.7 Å². The first-order valence-corrected chi connectivity index (χ1v) is 14.5. The number of carboxylic acids is 1. The molecule has 0 aliphatic carbocycles. The van der Waals surface area contributed by atoms with Crippen molar-refractivity contribution in [2.75, 3.05) is 18.0 Å². The molecule has 0 aliphatic rings. The first-order valence-electron chi connectivity index (χ1n) is 14.5. The first kappa shape index (κ1) is 30.8. The Balaban J connectivity index is 1.47. The van der Waals surface area contributed by atoms with E-state index >= 15 is 0 Å². The molecule has 0 saturated heterocycles. The lowest BCUT2D eigenvalue weighted by Gasteiger charge is -2.24. The molecule has 0 saturated carbocycles. The molecule has 1 heterocycles. The van der Waals surface area contributed by atoms with Crippen LogP contribution in [0.25, 0.3) is 41.3 Å². The van der Waals surface area contributed by atoms with Crippen LogP contribution in [0.5, 0.6) is 0 Å². The van der Waals surface area contributed by atoms with Crippen LogP contribution in [0.1, 0.15) is 66.5 Å². The molecular weight excluding hydrogens is 536 g/mol. The van der Waals surface area contributed by atoms with Crippen LogP contribution in [0.3, 0.4) is 0 Å². The fraction of sp³-hybridized carbons (Fsp3) is 0.216. The minimum atomic E-state index is -1.09. The predicted octanol–water partition coefficient (Wildman–Crippen LogP) is 8.45. The highest BCUT2D eigenvalue weighted by Crippen LogP contribution is 2.26. The molecule has 0 bridgehead atoms. The highest BCUT2D eigenvalue weighted by atomic mass is 16.4. The second-order valence-corrected chi connectivity index (χ2v) is 10.4. The van der Waals surface area contributed by atoms with Gasteiger partial charge >= 0.3 is 11.6 Å². The lowest BCUT2D eigenvalue weighted by molar-refractivity contribution is -0.132. The van der Waals surface area contributed by atoms with Crippen LogP contribution in [0, 0.1) is 18.3 Å². The van der Waals surface area contributed by atoms with Crippen molar-refractivity contribution in [3.8, 4) is 6.07 Å². The minimum absolute atomic E-state index is 0.0619. The molecule has 3 aromatic carbocycles. The largest absolute Gasteiger partial charge is 0.478 e. The zero-order valence-electron chi connectivity index (χ0n) is 24.8. The number of nitriles is 1. The van der Waals surface area contributed by atoms with Crippen LogP contribution in [0.4, 0.5) is 5.69 Å². The predicted molar refractivity (Wildman–Crippen MR) is 177 cm³/mol. The van der Waals surface area contributed by atoms with Crippen LogP contribution in [-0.2, 0) is 4.79 Å². The number of nitrogens with zero attached hydrogens (tertiary/aromatic N) is 2. The highest BCUT2D eigenvalue weighted by Gasteiger charge is 2.12. The fourth-order valence-corrected chi connectivity index (χ4v) is 4.93. The van der Waals surface area contributed by atoms with E-state index in [0.29, 0.717) is 11.1 Å². The summed E-state index contributed by atoms with van der Waals surface area (Å²) in [5.41, 5.74) is 6.52. The molecular formula is C37H36N2O4. The van der Waals surface area contributed by atoms with E-state index in [0.717, 1.165) is 64.8 Å². The Morgan fingerprint density at radius 2 is 1.40 bits per heavy atom. The molecule has 0 atom stereocenters. The molecule has 0 aliphatic heterocycles. The number of hydrogen-bond acceptors (Lipinski definition) is 5. The highest BCUT2D eigenvalue weighted by molar-refractivity contribution is 5.92. The molecule has 43 heavy (non-hydrogen) atoms. The summed E-state index contributed by atoms with van der Waals surface area (Å²) in [6, 6.07) is 23.5. The molecule has 6 nitrogen and oxygen atoms in total. The number of carboxylic acid groups (broad SMARTS) is 1. The average Bonchev–Trinajstić information content (AvgIpc) is 3.00. The third-order valence-corrected chi connectivity index (χ3v) is 7.22. The van der Waals surface area contributed by atoms with Gasteiger partial charge in [-0.15, -0.1) is 0 Å². The zero-order chi connectivity index (χ0) is 30.8. The summed E-state index contributed by atoms with van der Waals surface area (Å²) in [5.74, 6) is -1.09. The monoisotopic (exact) mass is 572 g/mol. The van der Waals surface area contributed by atoms with Crippen molar-refractivity contribution in [1.29, 1.82) is 5.26 Å². The van der Waals surface area contributed by atoms with Gasteiger partial charge in [0.15, 0.2) is 0 Å². The molecule has 0 radical (unpaired) electrons. The summed E-state index contributed by atoms with van der Waals surface area (Å²) < 4.78 is 5.77. The smallest absolute Gasteiger partial charge is 0.343 e. The minimum Gasteiger partial charge on any atom is -0.478 e. The van der Waals surface area contributed by atoms with E-state index in [4.69, 9.17) is 9.68 Å². The molecule has 0 spiro atoms. The number of benzene rings is 3. The Hall–Kier alpha value is -5.15. The lowest BCUT2D eigenvalue weighted by atomic mass is 10.0. The quantitative estimate of drug-likeness (QED) is 0.104. The van der Waals surface area contributed by atoms with Crippen molar-refractivity contribution in [2.45, 2.75) is 40.0 Å². The second-order valence-electron chi connectivity index (χ2n) is 10.4. The van der Waals surface area contributed by atoms with Crippen LogP contribution in [0.15, 0.2) is 81.5 Å². The standard InChI is InChI=1S/C37H36N2O4/c1-4-22-39(23-5-2)32-17-19-33-26(3)34(37(42)43-35(33)25-32)18-16-29-10-8-27(9-11-29)6-7-28-12-14-30(15-13-28)24-31(20-21-38)36(40)41/h6-19,24-25H,4-5,20,22-23H2,1-3H3,(H,40,41)/b7-6+,18-16+,31-24+. The van der Waals surface area contributed by atoms with Gasteiger partial charge in [-0.2, -0.15) is 5.26 Å². The Morgan fingerprint density at radius 3 is 1.91 bits per heavy atom. The average molecular weight is 573 g/mol. The van der Waals surface area contributed by atoms with Gasteiger partial charge < -0.3 is 14.4 Å². The summed E-state index contributed by atoms with van der Waals surface area (Å²) in [5, 5.41) is 18.9. The number of hydrogen-bond donors (Lipinski definition) is 1. The Labute approximate surface area is 252 Å². The van der Waals surface area contributed by atoms with E-state index in [1.165, 1.54) is 6.08 Å². The van der Waals surface area contributed by atoms with Gasteiger partial charge in [0.05, 0.1) is 23.6 Å². The van der Waals surface area contributed by atoms with Crippen LogP contribution < -0.4 is 10.5 Å². The van der Waals surface area contributed by atoms with Gasteiger partial charge in [-0.05, 0) is 71.9 Å². The summed E-state index contributed by atoms with van der Waals surface area (Å²) in [6.45, 7) is 8.22. The van der Waals surface area contributed by atoms with E-state index < -0.39 is 5.97 Å². The number of fused-ring (bicyclic) bond motifs is 1. The number of rotatable bonds is 12. The zero-order valence-corrected chi connectivity index (χ0v) is 24.8. The van der Waals surface area contributed by atoms with E-state index in [2.05, 4.69) is 24.8 Å². The third kappa shape index (κ3) is 7.99. The van der Waals surface area contributed by atoms with Crippen LogP contribution in [0.2, 0.25) is 0 Å². The van der Waals surface area contributed by atoms with Gasteiger partial charge in [-0.1, -0.05) is 80.6 Å². The molecule has 4 rings (SSSR count).